The summed E-state index contributed by atoms with van der Waals surface area (Å²) in [5, 5.41) is 3.82. The van der Waals surface area contributed by atoms with Crippen molar-refractivity contribution in [1.82, 2.24) is 0 Å². The molecular weight excluding hydrogens is 474 g/mol. The third-order valence-electron chi connectivity index (χ3n) is 3.70. The Labute approximate surface area is 170 Å². The maximum Gasteiger partial charge on any atom is 0.573 e. The van der Waals surface area contributed by atoms with Crippen LogP contribution >= 0.6 is 24.0 Å². The maximum atomic E-state index is 12.1. The summed E-state index contributed by atoms with van der Waals surface area (Å²) in [6.07, 6.45) is -4.72. The lowest BCUT2D eigenvalue weighted by molar-refractivity contribution is -0.274. The first-order chi connectivity index (χ1) is 12.3. The normalized spacial score (nSPS) is 11.9. The number of aliphatic imine (C=N–C) groups is 1. The van der Waals surface area contributed by atoms with E-state index in [1.807, 2.05) is 31.2 Å². The van der Waals surface area contributed by atoms with Crippen molar-refractivity contribution in [2.75, 3.05) is 5.32 Å². The van der Waals surface area contributed by atoms with Crippen molar-refractivity contribution < 1.29 is 22.3 Å². The summed E-state index contributed by atoms with van der Waals surface area (Å²) in [6, 6.07) is 12.9. The Morgan fingerprint density at radius 2 is 1.81 bits per heavy atom. The summed E-state index contributed by atoms with van der Waals surface area (Å²) >= 11 is 0. The number of nitrogens with two attached hydrogens (primary N) is 1. The zero-order valence-electron chi connectivity index (χ0n) is 14.2. The van der Waals surface area contributed by atoms with Gasteiger partial charge in [0, 0.05) is 16.6 Å². The molecule has 144 valence electrons. The lowest BCUT2D eigenvalue weighted by Crippen LogP contribution is -2.22. The molecule has 0 radical (unpaired) electrons. The molecule has 3 rings (SSSR count). The average Bonchev–Trinajstić information content (AvgIpc) is 2.90. The fourth-order valence-electron chi connectivity index (χ4n) is 2.46. The number of furan rings is 1. The van der Waals surface area contributed by atoms with Gasteiger partial charge in [0.1, 0.15) is 23.6 Å². The van der Waals surface area contributed by atoms with E-state index >= 15 is 0 Å². The van der Waals surface area contributed by atoms with E-state index in [9.17, 15) is 13.2 Å². The molecule has 0 saturated carbocycles. The zero-order chi connectivity index (χ0) is 18.7. The largest absolute Gasteiger partial charge is 0.573 e. The van der Waals surface area contributed by atoms with Crippen molar-refractivity contribution in [3.8, 4) is 5.75 Å². The number of aryl methyl sites for hydroxylation is 1. The van der Waals surface area contributed by atoms with Crippen LogP contribution in [-0.2, 0) is 6.54 Å². The highest BCUT2D eigenvalue weighted by molar-refractivity contribution is 14.0. The first-order valence-electron chi connectivity index (χ1n) is 7.71. The van der Waals surface area contributed by atoms with E-state index in [2.05, 4.69) is 15.0 Å². The Hall–Kier alpha value is -2.43. The van der Waals surface area contributed by atoms with Crippen LogP contribution in [0.4, 0.5) is 18.9 Å². The number of nitrogens with zero attached hydrogens (tertiary/aromatic N) is 1. The third-order valence-corrected chi connectivity index (χ3v) is 3.70. The van der Waals surface area contributed by atoms with E-state index in [4.69, 9.17) is 10.2 Å². The van der Waals surface area contributed by atoms with Gasteiger partial charge in [-0.25, -0.2) is 4.99 Å². The van der Waals surface area contributed by atoms with Crippen molar-refractivity contribution in [3.05, 3.63) is 59.9 Å². The number of benzene rings is 2. The molecule has 0 aliphatic rings. The number of para-hydroxylation sites is 1. The van der Waals surface area contributed by atoms with Crippen LogP contribution in [-0.4, -0.2) is 12.3 Å². The van der Waals surface area contributed by atoms with Gasteiger partial charge >= 0.3 is 6.36 Å². The third kappa shape index (κ3) is 5.52. The SMILES string of the molecule is Cc1c(CN=C(N)Nc2ccc(OC(F)(F)F)cc2)oc2ccccc12.I. The first kappa shape index (κ1) is 20.9. The number of ether oxygens (including phenoxy) is 1. The Balaban J connectivity index is 0.00000261. The number of hydrogen-bond acceptors (Lipinski definition) is 3. The molecule has 0 unspecified atom stereocenters. The van der Waals surface area contributed by atoms with Crippen LogP contribution in [0.2, 0.25) is 0 Å². The topological polar surface area (TPSA) is 72.8 Å². The van der Waals surface area contributed by atoms with Gasteiger partial charge < -0.3 is 20.2 Å². The van der Waals surface area contributed by atoms with Crippen molar-refractivity contribution in [2.24, 2.45) is 10.7 Å². The van der Waals surface area contributed by atoms with Crippen LogP contribution in [0.1, 0.15) is 11.3 Å². The second kappa shape index (κ2) is 8.51. The molecule has 1 aromatic heterocycles. The summed E-state index contributed by atoms with van der Waals surface area (Å²) in [4.78, 5) is 4.21. The van der Waals surface area contributed by atoms with Gasteiger partial charge in [-0.1, -0.05) is 18.2 Å². The molecule has 0 atom stereocenters. The average molecular weight is 491 g/mol. The highest BCUT2D eigenvalue weighted by Crippen LogP contribution is 2.26. The molecule has 1 heterocycles. The quantitative estimate of drug-likeness (QED) is 0.300. The number of fused-ring (bicyclic) bond motifs is 1. The monoisotopic (exact) mass is 491 g/mol. The van der Waals surface area contributed by atoms with Crippen LogP contribution in [0, 0.1) is 6.92 Å². The predicted octanol–water partition coefficient (Wildman–Crippen LogP) is 5.18. The number of nitrogens with one attached hydrogen (secondary N) is 1. The Bertz CT molecular complexity index is 937. The molecular formula is C18H17F3IN3O2. The molecule has 0 aliphatic carbocycles. The fourth-order valence-corrected chi connectivity index (χ4v) is 2.46. The van der Waals surface area contributed by atoms with Gasteiger partial charge in [-0.3, -0.25) is 0 Å². The van der Waals surface area contributed by atoms with Crippen molar-refractivity contribution in [1.29, 1.82) is 0 Å². The molecule has 27 heavy (non-hydrogen) atoms. The lowest BCUT2D eigenvalue weighted by Gasteiger charge is -2.10. The molecule has 0 aliphatic heterocycles. The summed E-state index contributed by atoms with van der Waals surface area (Å²) < 4.78 is 46.0. The Morgan fingerprint density at radius 1 is 1.15 bits per heavy atom. The standard InChI is InChI=1S/C18H16F3N3O2.HI/c1-11-14-4-2-3-5-15(14)25-16(11)10-23-17(22)24-12-6-8-13(9-7-12)26-18(19,20)21;/h2-9H,10H2,1H3,(H3,22,23,24);1H. The predicted molar refractivity (Wildman–Crippen MR) is 108 cm³/mol. The van der Waals surface area contributed by atoms with Gasteiger partial charge in [-0.05, 0) is 37.3 Å². The number of anilines is 1. The minimum atomic E-state index is -4.72. The summed E-state index contributed by atoms with van der Waals surface area (Å²) in [5.41, 5.74) is 8.08. The van der Waals surface area contributed by atoms with Gasteiger partial charge in [-0.2, -0.15) is 0 Å². The molecule has 3 aromatic rings. The van der Waals surface area contributed by atoms with E-state index < -0.39 is 6.36 Å². The Morgan fingerprint density at radius 3 is 2.44 bits per heavy atom. The zero-order valence-corrected chi connectivity index (χ0v) is 16.5. The van der Waals surface area contributed by atoms with Crippen LogP contribution in [0.3, 0.4) is 0 Å². The molecule has 3 N–H and O–H groups in total. The minimum absolute atomic E-state index is 0. The van der Waals surface area contributed by atoms with Gasteiger partial charge in [-0.15, -0.1) is 37.1 Å². The highest BCUT2D eigenvalue weighted by atomic mass is 127. The van der Waals surface area contributed by atoms with Gasteiger partial charge in [0.15, 0.2) is 5.96 Å². The molecule has 0 saturated heterocycles. The van der Waals surface area contributed by atoms with E-state index in [1.165, 1.54) is 24.3 Å². The smallest absolute Gasteiger partial charge is 0.459 e. The minimum Gasteiger partial charge on any atom is -0.459 e. The molecule has 5 nitrogen and oxygen atoms in total. The number of halogens is 4. The first-order valence-corrected chi connectivity index (χ1v) is 7.71. The van der Waals surface area contributed by atoms with Crippen LogP contribution in [0.5, 0.6) is 5.75 Å². The second-order valence-corrected chi connectivity index (χ2v) is 5.55. The van der Waals surface area contributed by atoms with Gasteiger partial charge in [0.05, 0.1) is 0 Å². The van der Waals surface area contributed by atoms with Crippen LogP contribution < -0.4 is 15.8 Å². The maximum absolute atomic E-state index is 12.1. The fraction of sp³-hybridized carbons (Fsp3) is 0.167. The van der Waals surface area contributed by atoms with E-state index in [0.29, 0.717) is 11.4 Å². The molecule has 0 amide bonds. The molecule has 0 spiro atoms. The van der Waals surface area contributed by atoms with Gasteiger partial charge in [0.25, 0.3) is 0 Å². The van der Waals surface area contributed by atoms with Crippen molar-refractivity contribution in [2.45, 2.75) is 19.8 Å². The summed E-state index contributed by atoms with van der Waals surface area (Å²) in [6.45, 7) is 2.19. The van der Waals surface area contributed by atoms with Crippen LogP contribution in [0.15, 0.2) is 57.9 Å². The molecule has 0 fully saturated rings. The summed E-state index contributed by atoms with van der Waals surface area (Å²) in [5.74, 6) is 0.510. The van der Waals surface area contributed by atoms with Crippen molar-refractivity contribution >= 4 is 46.6 Å². The molecule has 2 aromatic carbocycles. The lowest BCUT2D eigenvalue weighted by atomic mass is 10.1. The second-order valence-electron chi connectivity index (χ2n) is 5.55. The van der Waals surface area contributed by atoms with E-state index in [-0.39, 0.29) is 42.2 Å². The van der Waals surface area contributed by atoms with E-state index in [1.54, 1.807) is 0 Å². The highest BCUT2D eigenvalue weighted by Gasteiger charge is 2.30. The van der Waals surface area contributed by atoms with Gasteiger partial charge in [0.2, 0.25) is 0 Å². The number of guanidine groups is 1. The summed E-state index contributed by atoms with van der Waals surface area (Å²) in [7, 11) is 0. The number of alkyl halides is 3. The number of hydrogen-bond donors (Lipinski definition) is 2. The number of rotatable bonds is 4. The van der Waals surface area contributed by atoms with Crippen molar-refractivity contribution in [3.63, 3.8) is 0 Å². The van der Waals surface area contributed by atoms with Crippen LogP contribution in [0.25, 0.3) is 11.0 Å². The Kier molecular flexibility index (Phi) is 6.58. The molecule has 9 heteroatoms. The van der Waals surface area contributed by atoms with E-state index in [0.717, 1.165) is 16.5 Å². The molecule has 0 bridgehead atoms.